The van der Waals surface area contributed by atoms with Crippen molar-refractivity contribution in [2.24, 2.45) is 0 Å². The van der Waals surface area contributed by atoms with Crippen molar-refractivity contribution in [3.63, 3.8) is 0 Å². The molecule has 0 radical (unpaired) electrons. The van der Waals surface area contributed by atoms with E-state index in [0.29, 0.717) is 19.8 Å². The maximum atomic E-state index is 11.1. The molecule has 0 heterocycles. The van der Waals surface area contributed by atoms with Gasteiger partial charge in [0.25, 0.3) is 0 Å². The predicted molar refractivity (Wildman–Crippen MR) is 73.6 cm³/mol. The van der Waals surface area contributed by atoms with Gasteiger partial charge in [-0.25, -0.2) is 4.79 Å². The average molecular weight is 263 g/mol. The van der Waals surface area contributed by atoms with Crippen LogP contribution in [0.3, 0.4) is 0 Å². The number of alkyl carbamates (subject to hydrolysis) is 1. The topological polar surface area (TPSA) is 47.6 Å². The van der Waals surface area contributed by atoms with E-state index in [0.717, 1.165) is 12.2 Å². The Morgan fingerprint density at radius 1 is 1.26 bits per heavy atom. The van der Waals surface area contributed by atoms with Crippen LogP contribution in [-0.4, -0.2) is 25.9 Å². The summed E-state index contributed by atoms with van der Waals surface area (Å²) in [5, 5.41) is 2.63. The maximum Gasteiger partial charge on any atom is 0.407 e. The van der Waals surface area contributed by atoms with Crippen LogP contribution < -0.4 is 10.1 Å². The number of hydrogen-bond donors (Lipinski definition) is 1. The Morgan fingerprint density at radius 2 is 2.05 bits per heavy atom. The molecule has 0 aliphatic heterocycles. The number of benzene rings is 1. The van der Waals surface area contributed by atoms with Crippen LogP contribution in [-0.2, 0) is 17.6 Å². The molecule has 0 saturated carbocycles. The monoisotopic (exact) mass is 263 g/mol. The Bertz CT molecular complexity index is 431. The fourth-order valence-corrected chi connectivity index (χ4v) is 2.30. The molecule has 19 heavy (non-hydrogen) atoms. The average Bonchev–Trinajstić information content (AvgIpc) is 2.44. The van der Waals surface area contributed by atoms with E-state index >= 15 is 0 Å². The molecule has 2 rings (SSSR count). The van der Waals surface area contributed by atoms with Crippen LogP contribution in [0.15, 0.2) is 18.2 Å². The molecular formula is C15H21NO3. The quantitative estimate of drug-likeness (QED) is 0.831. The highest BCUT2D eigenvalue weighted by Crippen LogP contribution is 2.25. The van der Waals surface area contributed by atoms with E-state index in [1.54, 1.807) is 6.92 Å². The molecule has 4 heteroatoms. The van der Waals surface area contributed by atoms with Crippen molar-refractivity contribution >= 4 is 6.09 Å². The van der Waals surface area contributed by atoms with Crippen LogP contribution in [0, 0.1) is 0 Å². The van der Waals surface area contributed by atoms with Crippen LogP contribution >= 0.6 is 0 Å². The lowest BCUT2D eigenvalue weighted by atomic mass is 9.92. The van der Waals surface area contributed by atoms with Crippen molar-refractivity contribution in [1.82, 2.24) is 5.32 Å². The number of aryl methyl sites for hydroxylation is 2. The van der Waals surface area contributed by atoms with Crippen molar-refractivity contribution in [2.45, 2.75) is 32.6 Å². The lowest BCUT2D eigenvalue weighted by Crippen LogP contribution is -2.28. The number of carbonyl (C=O) groups excluding carboxylic acids is 1. The first-order valence-corrected chi connectivity index (χ1v) is 6.95. The summed E-state index contributed by atoms with van der Waals surface area (Å²) >= 11 is 0. The minimum Gasteiger partial charge on any atom is -0.492 e. The minimum absolute atomic E-state index is 0.386. The summed E-state index contributed by atoms with van der Waals surface area (Å²) in [5.41, 5.74) is 2.85. The van der Waals surface area contributed by atoms with Gasteiger partial charge in [0.2, 0.25) is 0 Å². The first kappa shape index (κ1) is 13.7. The zero-order valence-electron chi connectivity index (χ0n) is 11.4. The lowest BCUT2D eigenvalue weighted by Gasteiger charge is -2.16. The van der Waals surface area contributed by atoms with Crippen molar-refractivity contribution in [1.29, 1.82) is 0 Å². The molecule has 0 fully saturated rings. The molecule has 4 nitrogen and oxygen atoms in total. The SMILES string of the molecule is CCOC(=O)NCCOc1ccc2c(c1)CCCC2. The fraction of sp³-hybridized carbons (Fsp3) is 0.533. The molecule has 0 atom stereocenters. The van der Waals surface area contributed by atoms with Crippen molar-refractivity contribution in [2.75, 3.05) is 19.8 Å². The Hall–Kier alpha value is -1.71. The van der Waals surface area contributed by atoms with Gasteiger partial charge >= 0.3 is 6.09 Å². The van der Waals surface area contributed by atoms with E-state index in [1.165, 1.54) is 30.4 Å². The van der Waals surface area contributed by atoms with Gasteiger partial charge in [-0.2, -0.15) is 0 Å². The summed E-state index contributed by atoms with van der Waals surface area (Å²) in [6.07, 6.45) is 4.49. The molecular weight excluding hydrogens is 242 g/mol. The summed E-state index contributed by atoms with van der Waals surface area (Å²) in [4.78, 5) is 11.1. The van der Waals surface area contributed by atoms with Crippen LogP contribution in [0.2, 0.25) is 0 Å². The van der Waals surface area contributed by atoms with Crippen LogP contribution in [0.25, 0.3) is 0 Å². The molecule has 104 valence electrons. The zero-order chi connectivity index (χ0) is 13.5. The van der Waals surface area contributed by atoms with Gasteiger partial charge in [0.1, 0.15) is 12.4 Å². The molecule has 1 N–H and O–H groups in total. The molecule has 1 aromatic carbocycles. The van der Waals surface area contributed by atoms with Crippen molar-refractivity contribution in [3.8, 4) is 5.75 Å². The normalized spacial score (nSPS) is 13.5. The summed E-state index contributed by atoms with van der Waals surface area (Å²) in [5.74, 6) is 0.881. The Labute approximate surface area is 114 Å². The van der Waals surface area contributed by atoms with E-state index in [-0.39, 0.29) is 0 Å². The number of nitrogens with one attached hydrogen (secondary N) is 1. The molecule has 0 saturated heterocycles. The van der Waals surface area contributed by atoms with Crippen LogP contribution in [0.1, 0.15) is 30.9 Å². The Morgan fingerprint density at radius 3 is 2.84 bits per heavy atom. The zero-order valence-corrected chi connectivity index (χ0v) is 11.4. The summed E-state index contributed by atoms with van der Waals surface area (Å²) < 4.78 is 10.4. The van der Waals surface area contributed by atoms with E-state index in [9.17, 15) is 4.79 Å². The van der Waals surface area contributed by atoms with E-state index in [4.69, 9.17) is 9.47 Å². The summed E-state index contributed by atoms with van der Waals surface area (Å²) in [6.45, 7) is 3.08. The number of ether oxygens (including phenoxy) is 2. The predicted octanol–water partition coefficient (Wildman–Crippen LogP) is 2.69. The first-order valence-electron chi connectivity index (χ1n) is 6.95. The summed E-state index contributed by atoms with van der Waals surface area (Å²) in [6, 6.07) is 6.29. The van der Waals surface area contributed by atoms with Crippen molar-refractivity contribution < 1.29 is 14.3 Å². The number of fused-ring (bicyclic) bond motifs is 1. The van der Waals surface area contributed by atoms with Gasteiger partial charge in [-0.1, -0.05) is 6.07 Å². The third kappa shape index (κ3) is 4.16. The van der Waals surface area contributed by atoms with Crippen LogP contribution in [0.5, 0.6) is 5.75 Å². The first-order chi connectivity index (χ1) is 9.29. The second kappa shape index (κ2) is 7.02. The Kier molecular flexibility index (Phi) is 5.07. The number of amides is 1. The maximum absolute atomic E-state index is 11.1. The molecule has 1 aliphatic rings. The standard InChI is InChI=1S/C15H21NO3/c1-2-18-15(17)16-9-10-19-14-8-7-12-5-3-4-6-13(12)11-14/h7-8,11H,2-6,9-10H2,1H3,(H,16,17). The fourth-order valence-electron chi connectivity index (χ4n) is 2.30. The third-order valence-corrected chi connectivity index (χ3v) is 3.24. The third-order valence-electron chi connectivity index (χ3n) is 3.24. The molecule has 1 amide bonds. The Balaban J connectivity index is 1.75. The highest BCUT2D eigenvalue weighted by molar-refractivity contribution is 5.66. The molecule has 1 aromatic rings. The highest BCUT2D eigenvalue weighted by atomic mass is 16.5. The van der Waals surface area contributed by atoms with Gasteiger partial charge in [-0.15, -0.1) is 0 Å². The van der Waals surface area contributed by atoms with Crippen molar-refractivity contribution in [3.05, 3.63) is 29.3 Å². The van der Waals surface area contributed by atoms with Gasteiger partial charge in [0.15, 0.2) is 0 Å². The molecule has 0 spiro atoms. The lowest BCUT2D eigenvalue weighted by molar-refractivity contribution is 0.150. The van der Waals surface area contributed by atoms with Gasteiger partial charge in [-0.05, 0) is 55.9 Å². The van der Waals surface area contributed by atoms with E-state index in [1.807, 2.05) is 6.07 Å². The molecule has 0 bridgehead atoms. The van der Waals surface area contributed by atoms with E-state index < -0.39 is 6.09 Å². The van der Waals surface area contributed by atoms with Crippen LogP contribution in [0.4, 0.5) is 4.79 Å². The molecule has 0 aromatic heterocycles. The molecule has 1 aliphatic carbocycles. The summed E-state index contributed by atoms with van der Waals surface area (Å²) in [7, 11) is 0. The van der Waals surface area contributed by atoms with Gasteiger partial charge in [0.05, 0.1) is 13.2 Å². The second-order valence-corrected chi connectivity index (χ2v) is 4.63. The number of carbonyl (C=O) groups is 1. The number of rotatable bonds is 5. The minimum atomic E-state index is -0.392. The van der Waals surface area contributed by atoms with Gasteiger partial charge in [-0.3, -0.25) is 0 Å². The number of hydrogen-bond acceptors (Lipinski definition) is 3. The molecule has 0 unspecified atom stereocenters. The van der Waals surface area contributed by atoms with E-state index in [2.05, 4.69) is 17.4 Å². The van der Waals surface area contributed by atoms with Gasteiger partial charge < -0.3 is 14.8 Å². The smallest absolute Gasteiger partial charge is 0.407 e. The largest absolute Gasteiger partial charge is 0.492 e. The highest BCUT2D eigenvalue weighted by Gasteiger charge is 2.09. The second-order valence-electron chi connectivity index (χ2n) is 4.63. The van der Waals surface area contributed by atoms with Gasteiger partial charge in [0, 0.05) is 0 Å².